The van der Waals surface area contributed by atoms with Crippen LogP contribution < -0.4 is 10.1 Å². The highest BCUT2D eigenvalue weighted by molar-refractivity contribution is 6.31. The maximum atomic E-state index is 13.5. The van der Waals surface area contributed by atoms with Gasteiger partial charge in [0, 0.05) is 23.9 Å². The summed E-state index contributed by atoms with van der Waals surface area (Å²) in [5.74, 6) is -3.96. The Morgan fingerprint density at radius 3 is 2.37 bits per heavy atom. The van der Waals surface area contributed by atoms with Crippen LogP contribution in [0, 0.1) is 6.92 Å². The van der Waals surface area contributed by atoms with Gasteiger partial charge in [0.05, 0.1) is 17.6 Å². The smallest absolute Gasteiger partial charge is 0.305 e. The van der Waals surface area contributed by atoms with Gasteiger partial charge in [0.2, 0.25) is 0 Å². The number of hydrogen-bond acceptors (Lipinski definition) is 8. The highest BCUT2D eigenvalue weighted by Gasteiger charge is 2.56. The maximum Gasteiger partial charge on any atom is 0.305 e. The van der Waals surface area contributed by atoms with Crippen LogP contribution in [-0.2, 0) is 19.8 Å². The Labute approximate surface area is 171 Å². The van der Waals surface area contributed by atoms with Crippen molar-refractivity contribution in [1.82, 2.24) is 5.32 Å². The fourth-order valence-corrected chi connectivity index (χ4v) is 3.81. The second-order valence-electron chi connectivity index (χ2n) is 7.46. The van der Waals surface area contributed by atoms with E-state index in [9.17, 15) is 29.4 Å². The number of rotatable bonds is 5. The van der Waals surface area contributed by atoms with Gasteiger partial charge in [-0.05, 0) is 27.7 Å². The number of phenolic OH excluding ortho intramolecular Hbond substituents is 2. The maximum absolute atomic E-state index is 13.5. The summed E-state index contributed by atoms with van der Waals surface area (Å²) >= 11 is 0. The Kier molecular flexibility index (Phi) is 4.93. The fourth-order valence-electron chi connectivity index (χ4n) is 3.81. The lowest BCUT2D eigenvalue weighted by Gasteiger charge is -2.29. The van der Waals surface area contributed by atoms with Gasteiger partial charge in [0.25, 0.3) is 0 Å². The van der Waals surface area contributed by atoms with E-state index < -0.39 is 40.2 Å². The molecule has 0 amide bonds. The molecule has 1 aromatic carbocycles. The lowest BCUT2D eigenvalue weighted by atomic mass is 9.70. The molecule has 30 heavy (non-hydrogen) atoms. The summed E-state index contributed by atoms with van der Waals surface area (Å²) in [4.78, 5) is 48.9. The minimum Gasteiger partial charge on any atom is -0.507 e. The number of allylic oxidation sites excluding steroid dienone is 4. The first kappa shape index (κ1) is 21.1. The minimum absolute atomic E-state index is 0.00239. The lowest BCUT2D eigenvalue weighted by molar-refractivity contribution is -0.136. The molecule has 1 aliphatic carbocycles. The number of carbonyl (C=O) groups is 4. The van der Waals surface area contributed by atoms with Crippen molar-refractivity contribution in [2.75, 3.05) is 6.54 Å². The highest BCUT2D eigenvalue weighted by atomic mass is 16.5. The molecule has 158 valence electrons. The van der Waals surface area contributed by atoms with Crippen LogP contribution in [0.4, 0.5) is 0 Å². The summed E-state index contributed by atoms with van der Waals surface area (Å²) in [7, 11) is 0. The number of aliphatic carboxylic acids is 1. The van der Waals surface area contributed by atoms with Crippen molar-refractivity contribution in [2.24, 2.45) is 0 Å². The summed E-state index contributed by atoms with van der Waals surface area (Å²) in [6.07, 6.45) is 0.896. The molecule has 0 spiro atoms. The van der Waals surface area contributed by atoms with Crippen molar-refractivity contribution in [3.8, 4) is 17.2 Å². The zero-order chi connectivity index (χ0) is 22.5. The molecule has 0 saturated heterocycles. The number of benzene rings is 1. The molecule has 3 rings (SSSR count). The van der Waals surface area contributed by atoms with E-state index in [0.717, 1.165) is 6.08 Å². The third-order valence-electron chi connectivity index (χ3n) is 5.49. The second kappa shape index (κ2) is 7.01. The summed E-state index contributed by atoms with van der Waals surface area (Å²) in [5.41, 5.74) is -1.77. The number of aromatic hydroxyl groups is 2. The molecule has 0 saturated carbocycles. The SMILES string of the molecule is CC(=O)c1c(O)c(C)c(O)c2c1OC1=CC(=O)C(=C(C)NCCC(=O)O)C(=O)[C@@]12C. The molecule has 9 nitrogen and oxygen atoms in total. The molecular formula is C21H21NO8. The molecule has 0 aromatic heterocycles. The van der Waals surface area contributed by atoms with Crippen molar-refractivity contribution >= 4 is 23.3 Å². The van der Waals surface area contributed by atoms with Crippen LogP contribution >= 0.6 is 0 Å². The van der Waals surface area contributed by atoms with Gasteiger partial charge in [-0.1, -0.05) is 0 Å². The number of phenols is 2. The molecule has 0 fully saturated rings. The van der Waals surface area contributed by atoms with Crippen molar-refractivity contribution in [2.45, 2.75) is 39.5 Å². The standard InChI is InChI=1S/C21H21NO8/c1-8-17(27)15(10(3)23)19-16(18(8)28)21(4)12(30-19)7-11(24)14(20(21)29)9(2)22-6-5-13(25)26/h7,22,27-28H,5-6H2,1-4H3,(H,25,26)/t21-/m0/s1. The molecule has 0 radical (unpaired) electrons. The van der Waals surface area contributed by atoms with E-state index in [1.807, 2.05) is 0 Å². The fraction of sp³-hybridized carbons (Fsp3) is 0.333. The van der Waals surface area contributed by atoms with Gasteiger partial charge in [-0.25, -0.2) is 0 Å². The number of ketones is 3. The van der Waals surface area contributed by atoms with Gasteiger partial charge in [0.15, 0.2) is 17.3 Å². The van der Waals surface area contributed by atoms with Gasteiger partial charge in [0.1, 0.15) is 34.0 Å². The third kappa shape index (κ3) is 2.85. The number of ether oxygens (including phenoxy) is 1. The van der Waals surface area contributed by atoms with E-state index in [4.69, 9.17) is 9.84 Å². The second-order valence-corrected chi connectivity index (χ2v) is 7.46. The first-order chi connectivity index (χ1) is 13.9. The molecule has 9 heteroatoms. The van der Waals surface area contributed by atoms with Crippen LogP contribution in [0.2, 0.25) is 0 Å². The van der Waals surface area contributed by atoms with Gasteiger partial charge >= 0.3 is 5.97 Å². The van der Waals surface area contributed by atoms with Crippen molar-refractivity contribution in [3.05, 3.63) is 39.8 Å². The predicted octanol–water partition coefficient (Wildman–Crippen LogP) is 1.63. The lowest BCUT2D eigenvalue weighted by Crippen LogP contribution is -2.41. The summed E-state index contributed by atoms with van der Waals surface area (Å²) in [5, 5.41) is 32.6. The number of nitrogens with one attached hydrogen (secondary N) is 1. The molecule has 1 atom stereocenters. The van der Waals surface area contributed by atoms with Crippen LogP contribution in [0.3, 0.4) is 0 Å². The van der Waals surface area contributed by atoms with Crippen LogP contribution in [0.15, 0.2) is 23.1 Å². The molecule has 1 aromatic rings. The number of Topliss-reactive ketones (excluding diaryl/α,β-unsaturated/α-hetero) is 2. The summed E-state index contributed by atoms with van der Waals surface area (Å²) < 4.78 is 5.66. The Balaban J connectivity index is 2.21. The van der Waals surface area contributed by atoms with Crippen molar-refractivity contribution in [3.63, 3.8) is 0 Å². The zero-order valence-corrected chi connectivity index (χ0v) is 16.9. The first-order valence-electron chi connectivity index (χ1n) is 9.18. The van der Waals surface area contributed by atoms with Gasteiger partial charge in [-0.2, -0.15) is 0 Å². The van der Waals surface area contributed by atoms with Gasteiger partial charge < -0.3 is 25.4 Å². The minimum atomic E-state index is -1.60. The Morgan fingerprint density at radius 2 is 1.80 bits per heavy atom. The van der Waals surface area contributed by atoms with Crippen LogP contribution in [-0.4, -0.2) is 45.2 Å². The number of carboxylic acids is 1. The van der Waals surface area contributed by atoms with E-state index in [2.05, 4.69) is 5.32 Å². The highest BCUT2D eigenvalue weighted by Crippen LogP contribution is 2.57. The molecular weight excluding hydrogens is 394 g/mol. The van der Waals surface area contributed by atoms with Crippen molar-refractivity contribution < 1.29 is 39.2 Å². The van der Waals surface area contributed by atoms with Crippen LogP contribution in [0.25, 0.3) is 0 Å². The van der Waals surface area contributed by atoms with Crippen LogP contribution in [0.1, 0.15) is 48.7 Å². The van der Waals surface area contributed by atoms with E-state index in [-0.39, 0.29) is 52.4 Å². The van der Waals surface area contributed by atoms with E-state index >= 15 is 0 Å². The molecule has 1 heterocycles. The first-order valence-corrected chi connectivity index (χ1v) is 9.18. The van der Waals surface area contributed by atoms with Gasteiger partial charge in [-0.3, -0.25) is 19.2 Å². The molecule has 2 aliphatic rings. The number of fused-ring (bicyclic) bond motifs is 3. The summed E-state index contributed by atoms with van der Waals surface area (Å²) in [6.45, 7) is 5.57. The summed E-state index contributed by atoms with van der Waals surface area (Å²) in [6, 6.07) is 0. The zero-order valence-electron chi connectivity index (χ0n) is 16.9. The number of carboxylic acid groups (broad SMARTS) is 1. The third-order valence-corrected chi connectivity index (χ3v) is 5.49. The Bertz CT molecular complexity index is 1090. The average molecular weight is 415 g/mol. The Hall–Kier alpha value is -3.62. The molecule has 1 aliphatic heterocycles. The normalized spacial score (nSPS) is 21.4. The van der Waals surface area contributed by atoms with E-state index in [1.165, 1.54) is 27.7 Å². The quantitative estimate of drug-likeness (QED) is 0.320. The largest absolute Gasteiger partial charge is 0.507 e. The van der Waals surface area contributed by atoms with Crippen molar-refractivity contribution in [1.29, 1.82) is 0 Å². The number of hydrogen-bond donors (Lipinski definition) is 4. The molecule has 4 N–H and O–H groups in total. The molecule has 0 bridgehead atoms. The van der Waals surface area contributed by atoms with Crippen LogP contribution in [0.5, 0.6) is 17.2 Å². The molecule has 0 unspecified atom stereocenters. The predicted molar refractivity (Wildman–Crippen MR) is 104 cm³/mol. The number of carbonyl (C=O) groups excluding carboxylic acids is 3. The monoisotopic (exact) mass is 415 g/mol. The topological polar surface area (TPSA) is 150 Å². The van der Waals surface area contributed by atoms with E-state index in [1.54, 1.807) is 0 Å². The average Bonchev–Trinajstić information content (AvgIpc) is 2.93. The van der Waals surface area contributed by atoms with E-state index in [0.29, 0.717) is 0 Å². The Morgan fingerprint density at radius 1 is 1.17 bits per heavy atom. The van der Waals surface area contributed by atoms with Gasteiger partial charge in [-0.15, -0.1) is 0 Å².